The maximum atomic E-state index is 11.0. The Morgan fingerprint density at radius 3 is 1.95 bits per heavy atom. The Bertz CT molecular complexity index is 692. The molecule has 112 valence electrons. The molecule has 22 heavy (non-hydrogen) atoms. The highest BCUT2D eigenvalue weighted by Gasteiger charge is 2.05. The molecular weight excluding hydrogens is 280 g/mol. The van der Waals surface area contributed by atoms with Crippen LogP contribution in [0.25, 0.3) is 5.70 Å². The van der Waals surface area contributed by atoms with Crippen molar-refractivity contribution in [1.29, 1.82) is 0 Å². The second-order valence-electron chi connectivity index (χ2n) is 4.65. The molecule has 5 heteroatoms. The number of carboxylic acid groups (broad SMARTS) is 1. The Balaban J connectivity index is 2.21. The van der Waals surface area contributed by atoms with Gasteiger partial charge >= 0.3 is 5.97 Å². The number of carbonyl (C=O) groups is 2. The molecule has 0 saturated heterocycles. The molecule has 0 bridgehead atoms. The molecule has 0 aliphatic rings. The summed E-state index contributed by atoms with van der Waals surface area (Å²) in [6.45, 7) is 1.44. The van der Waals surface area contributed by atoms with E-state index in [1.807, 2.05) is 30.3 Å². The highest BCUT2D eigenvalue weighted by molar-refractivity contribution is 5.93. The predicted octanol–water partition coefficient (Wildman–Crippen LogP) is 3.18. The molecule has 0 heterocycles. The molecule has 5 nitrogen and oxygen atoms in total. The van der Waals surface area contributed by atoms with Crippen molar-refractivity contribution in [3.05, 3.63) is 66.2 Å². The minimum absolute atomic E-state index is 0.142. The van der Waals surface area contributed by atoms with E-state index in [4.69, 9.17) is 5.11 Å². The van der Waals surface area contributed by atoms with Crippen molar-refractivity contribution in [2.75, 3.05) is 10.6 Å². The fraction of sp³-hybridized carbons (Fsp3) is 0.0588. The van der Waals surface area contributed by atoms with Gasteiger partial charge in [0.25, 0.3) is 0 Å². The number of aliphatic carboxylic acids is 1. The van der Waals surface area contributed by atoms with Crippen molar-refractivity contribution in [3.8, 4) is 0 Å². The first-order chi connectivity index (χ1) is 10.5. The molecule has 0 spiro atoms. The van der Waals surface area contributed by atoms with E-state index in [-0.39, 0.29) is 5.91 Å². The predicted molar refractivity (Wildman–Crippen MR) is 86.4 cm³/mol. The molecule has 0 fully saturated rings. The van der Waals surface area contributed by atoms with Crippen LogP contribution in [-0.4, -0.2) is 17.0 Å². The van der Waals surface area contributed by atoms with E-state index in [0.717, 1.165) is 17.3 Å². The topological polar surface area (TPSA) is 78.4 Å². The zero-order valence-corrected chi connectivity index (χ0v) is 12.0. The van der Waals surface area contributed by atoms with Gasteiger partial charge in [-0.1, -0.05) is 30.3 Å². The average molecular weight is 296 g/mol. The number of anilines is 2. The maximum absolute atomic E-state index is 11.0. The number of hydrogen-bond acceptors (Lipinski definition) is 3. The van der Waals surface area contributed by atoms with Gasteiger partial charge in [0.1, 0.15) is 0 Å². The Morgan fingerprint density at radius 1 is 0.909 bits per heavy atom. The quantitative estimate of drug-likeness (QED) is 0.740. The third kappa shape index (κ3) is 4.49. The van der Waals surface area contributed by atoms with Crippen molar-refractivity contribution < 1.29 is 14.7 Å². The van der Waals surface area contributed by atoms with Crippen LogP contribution >= 0.6 is 0 Å². The highest BCUT2D eigenvalue weighted by Crippen LogP contribution is 2.20. The molecule has 0 aromatic heterocycles. The Labute approximate surface area is 128 Å². The Morgan fingerprint density at radius 2 is 1.45 bits per heavy atom. The summed E-state index contributed by atoms with van der Waals surface area (Å²) in [6.07, 6.45) is 1.12. The van der Waals surface area contributed by atoms with Crippen molar-refractivity contribution in [2.24, 2.45) is 0 Å². The summed E-state index contributed by atoms with van der Waals surface area (Å²) in [5.41, 5.74) is 2.67. The lowest BCUT2D eigenvalue weighted by Crippen LogP contribution is -2.06. The van der Waals surface area contributed by atoms with Crippen LogP contribution in [0.3, 0.4) is 0 Å². The zero-order chi connectivity index (χ0) is 15.9. The zero-order valence-electron chi connectivity index (χ0n) is 12.0. The van der Waals surface area contributed by atoms with E-state index in [1.54, 1.807) is 24.3 Å². The van der Waals surface area contributed by atoms with Gasteiger partial charge in [0.05, 0.1) is 5.70 Å². The van der Waals surface area contributed by atoms with E-state index < -0.39 is 5.97 Å². The van der Waals surface area contributed by atoms with Crippen LogP contribution < -0.4 is 10.6 Å². The van der Waals surface area contributed by atoms with Gasteiger partial charge in [-0.05, 0) is 29.8 Å². The van der Waals surface area contributed by atoms with E-state index >= 15 is 0 Å². The van der Waals surface area contributed by atoms with Crippen molar-refractivity contribution >= 4 is 28.9 Å². The number of carbonyl (C=O) groups excluding carboxylic acids is 1. The molecule has 2 rings (SSSR count). The minimum Gasteiger partial charge on any atom is -0.478 e. The monoisotopic (exact) mass is 296 g/mol. The highest BCUT2D eigenvalue weighted by atomic mass is 16.4. The van der Waals surface area contributed by atoms with Gasteiger partial charge in [-0.3, -0.25) is 4.79 Å². The first-order valence-corrected chi connectivity index (χ1v) is 6.69. The number of benzene rings is 2. The number of amides is 1. The molecule has 0 unspecified atom stereocenters. The van der Waals surface area contributed by atoms with Gasteiger partial charge in [-0.25, -0.2) is 4.79 Å². The fourth-order valence-corrected chi connectivity index (χ4v) is 1.93. The molecular formula is C17H16N2O3. The van der Waals surface area contributed by atoms with E-state index in [2.05, 4.69) is 10.6 Å². The second kappa shape index (κ2) is 7.08. The van der Waals surface area contributed by atoms with Crippen LogP contribution in [0.5, 0.6) is 0 Å². The summed E-state index contributed by atoms with van der Waals surface area (Å²) < 4.78 is 0. The molecule has 2 aromatic rings. The molecule has 0 aliphatic carbocycles. The number of rotatable bonds is 5. The van der Waals surface area contributed by atoms with Crippen LogP contribution in [0.4, 0.5) is 11.4 Å². The first-order valence-electron chi connectivity index (χ1n) is 6.69. The van der Waals surface area contributed by atoms with Gasteiger partial charge < -0.3 is 15.7 Å². The third-order valence-corrected chi connectivity index (χ3v) is 2.84. The molecule has 3 N–H and O–H groups in total. The minimum atomic E-state index is -1.03. The second-order valence-corrected chi connectivity index (χ2v) is 4.65. The van der Waals surface area contributed by atoms with E-state index in [0.29, 0.717) is 11.4 Å². The number of hydrogen-bond donors (Lipinski definition) is 3. The largest absolute Gasteiger partial charge is 0.478 e. The summed E-state index contributed by atoms with van der Waals surface area (Å²) in [6, 6.07) is 16.2. The van der Waals surface area contributed by atoms with Crippen LogP contribution in [0.2, 0.25) is 0 Å². The standard InChI is InChI=1S/C17H16N2O3/c1-12(20)18-14-7-9-15(10-8-14)19-16(11-17(21)22)13-5-3-2-4-6-13/h2-11,19H,1H3,(H,18,20)(H,21,22)/b16-11+. The van der Waals surface area contributed by atoms with Crippen molar-refractivity contribution in [1.82, 2.24) is 0 Å². The maximum Gasteiger partial charge on any atom is 0.330 e. The summed E-state index contributed by atoms with van der Waals surface area (Å²) in [7, 11) is 0. The summed E-state index contributed by atoms with van der Waals surface area (Å²) in [4.78, 5) is 22.0. The summed E-state index contributed by atoms with van der Waals surface area (Å²) in [5, 5.41) is 14.8. The lowest BCUT2D eigenvalue weighted by atomic mass is 10.1. The van der Waals surface area contributed by atoms with E-state index in [9.17, 15) is 9.59 Å². The van der Waals surface area contributed by atoms with Gasteiger partial charge in [0.2, 0.25) is 5.91 Å². The SMILES string of the molecule is CC(=O)Nc1ccc(N/C(=C/C(=O)O)c2ccccc2)cc1. The van der Waals surface area contributed by atoms with Crippen molar-refractivity contribution in [3.63, 3.8) is 0 Å². The van der Waals surface area contributed by atoms with E-state index in [1.165, 1.54) is 6.92 Å². The molecule has 0 radical (unpaired) electrons. The molecule has 0 atom stereocenters. The number of nitrogens with one attached hydrogen (secondary N) is 2. The third-order valence-electron chi connectivity index (χ3n) is 2.84. The Kier molecular flexibility index (Phi) is 4.93. The molecule has 0 aliphatic heterocycles. The lowest BCUT2D eigenvalue weighted by Gasteiger charge is -2.11. The van der Waals surface area contributed by atoms with Gasteiger partial charge in [0.15, 0.2) is 0 Å². The smallest absolute Gasteiger partial charge is 0.330 e. The van der Waals surface area contributed by atoms with Crippen LogP contribution in [0.1, 0.15) is 12.5 Å². The van der Waals surface area contributed by atoms with Crippen LogP contribution in [0, 0.1) is 0 Å². The Hall–Kier alpha value is -3.08. The normalized spacial score (nSPS) is 10.9. The average Bonchev–Trinajstić information content (AvgIpc) is 2.48. The summed E-state index contributed by atoms with van der Waals surface area (Å²) in [5.74, 6) is -1.17. The van der Waals surface area contributed by atoms with Crippen molar-refractivity contribution in [2.45, 2.75) is 6.92 Å². The number of carboxylic acids is 1. The lowest BCUT2D eigenvalue weighted by molar-refractivity contribution is -0.131. The van der Waals surface area contributed by atoms with Gasteiger partial charge in [0, 0.05) is 24.4 Å². The summed E-state index contributed by atoms with van der Waals surface area (Å²) >= 11 is 0. The molecule has 2 aromatic carbocycles. The first kappa shape index (κ1) is 15.3. The van der Waals surface area contributed by atoms with Gasteiger partial charge in [-0.2, -0.15) is 0 Å². The molecule has 1 amide bonds. The van der Waals surface area contributed by atoms with Crippen LogP contribution in [-0.2, 0) is 9.59 Å². The van der Waals surface area contributed by atoms with Crippen LogP contribution in [0.15, 0.2) is 60.7 Å². The fourth-order valence-electron chi connectivity index (χ4n) is 1.93. The van der Waals surface area contributed by atoms with Gasteiger partial charge in [-0.15, -0.1) is 0 Å². The molecule has 0 saturated carbocycles.